The number of aryl methyl sites for hydroxylation is 1. The van der Waals surface area contributed by atoms with E-state index in [1.807, 2.05) is 38.1 Å². The third-order valence-corrected chi connectivity index (χ3v) is 4.68. The first-order valence-electron chi connectivity index (χ1n) is 8.28. The van der Waals surface area contributed by atoms with Crippen LogP contribution in [0.15, 0.2) is 28.7 Å². The molecule has 1 fully saturated rings. The minimum Gasteiger partial charge on any atom is -0.459 e. The minimum atomic E-state index is -0.159. The van der Waals surface area contributed by atoms with Crippen LogP contribution in [0.4, 0.5) is 4.79 Å². The molecule has 1 aliphatic rings. The maximum absolute atomic E-state index is 12.2. The molecule has 2 heterocycles. The van der Waals surface area contributed by atoms with Gasteiger partial charge in [-0.25, -0.2) is 4.79 Å². The van der Waals surface area contributed by atoms with E-state index in [1.165, 1.54) is 0 Å². The molecule has 1 aromatic heterocycles. The van der Waals surface area contributed by atoms with E-state index in [0.29, 0.717) is 0 Å². The number of fused-ring (bicyclic) bond motifs is 1. The van der Waals surface area contributed by atoms with E-state index >= 15 is 0 Å². The number of amides is 2. The molecule has 2 aromatic rings. The van der Waals surface area contributed by atoms with E-state index in [1.54, 1.807) is 0 Å². The quantitative estimate of drug-likeness (QED) is 0.914. The number of rotatable bonds is 3. The highest BCUT2D eigenvalue weighted by molar-refractivity contribution is 5.82. The Hall–Kier alpha value is -2.01. The number of likely N-dealkylation sites (tertiary alicyclic amines) is 1. The van der Waals surface area contributed by atoms with Crippen LogP contribution in [0.2, 0.25) is 0 Å². The van der Waals surface area contributed by atoms with Crippen LogP contribution in [0.5, 0.6) is 0 Å². The summed E-state index contributed by atoms with van der Waals surface area (Å²) in [6.07, 6.45) is 2.00. The molecule has 0 bridgehead atoms. The van der Waals surface area contributed by atoms with Crippen molar-refractivity contribution in [3.05, 3.63) is 35.6 Å². The maximum atomic E-state index is 12.2. The molecule has 1 atom stereocenters. The van der Waals surface area contributed by atoms with Crippen molar-refractivity contribution >= 4 is 17.0 Å². The van der Waals surface area contributed by atoms with Crippen LogP contribution < -0.4 is 10.6 Å². The van der Waals surface area contributed by atoms with Gasteiger partial charge in [0.2, 0.25) is 0 Å². The van der Waals surface area contributed by atoms with Crippen molar-refractivity contribution in [2.24, 2.45) is 0 Å². The summed E-state index contributed by atoms with van der Waals surface area (Å²) in [4.78, 5) is 14.5. The zero-order valence-corrected chi connectivity index (χ0v) is 14.1. The first-order valence-corrected chi connectivity index (χ1v) is 8.28. The third-order valence-electron chi connectivity index (χ3n) is 4.68. The fourth-order valence-corrected chi connectivity index (χ4v) is 3.25. The number of hydrogen-bond acceptors (Lipinski definition) is 3. The number of para-hydroxylation sites is 1. The van der Waals surface area contributed by atoms with Gasteiger partial charge in [0, 0.05) is 17.0 Å². The summed E-state index contributed by atoms with van der Waals surface area (Å²) in [5, 5.41) is 7.18. The molecule has 3 rings (SSSR count). The summed E-state index contributed by atoms with van der Waals surface area (Å²) >= 11 is 0. The number of carbonyl (C=O) groups is 1. The van der Waals surface area contributed by atoms with Crippen LogP contribution in [0, 0.1) is 6.92 Å². The van der Waals surface area contributed by atoms with E-state index in [2.05, 4.69) is 22.6 Å². The van der Waals surface area contributed by atoms with E-state index < -0.39 is 0 Å². The van der Waals surface area contributed by atoms with Crippen molar-refractivity contribution in [3.63, 3.8) is 0 Å². The molecule has 23 heavy (non-hydrogen) atoms. The van der Waals surface area contributed by atoms with Crippen molar-refractivity contribution in [1.29, 1.82) is 0 Å². The molecular weight excluding hydrogens is 290 g/mol. The molecule has 124 valence electrons. The molecule has 2 N–H and O–H groups in total. The fraction of sp³-hybridized carbons (Fsp3) is 0.500. The normalized spacial score (nSPS) is 18.0. The standard InChI is InChI=1S/C18H25N3O2/c1-12-15-6-4-5-7-16(15)23-17(12)13(2)19-18(22)20-14-8-10-21(3)11-9-14/h4-7,13-14H,8-11H2,1-3H3,(H2,19,20,22)/t13-/m1/s1. The molecule has 5 heteroatoms. The molecule has 5 nitrogen and oxygen atoms in total. The maximum Gasteiger partial charge on any atom is 0.315 e. The van der Waals surface area contributed by atoms with Gasteiger partial charge in [-0.3, -0.25) is 0 Å². The summed E-state index contributed by atoms with van der Waals surface area (Å²) < 4.78 is 5.92. The van der Waals surface area contributed by atoms with Gasteiger partial charge < -0.3 is 20.0 Å². The Balaban J connectivity index is 1.62. The zero-order valence-electron chi connectivity index (χ0n) is 14.1. The predicted molar refractivity (Wildman–Crippen MR) is 91.6 cm³/mol. The highest BCUT2D eigenvalue weighted by atomic mass is 16.3. The van der Waals surface area contributed by atoms with Gasteiger partial charge in [0.1, 0.15) is 11.3 Å². The molecule has 1 aliphatic heterocycles. The van der Waals surface area contributed by atoms with Gasteiger partial charge in [-0.2, -0.15) is 0 Å². The fourth-order valence-electron chi connectivity index (χ4n) is 3.25. The third kappa shape index (κ3) is 3.50. The second-order valence-electron chi connectivity index (χ2n) is 6.50. The lowest BCUT2D eigenvalue weighted by molar-refractivity contribution is 0.211. The van der Waals surface area contributed by atoms with Crippen molar-refractivity contribution < 1.29 is 9.21 Å². The van der Waals surface area contributed by atoms with Crippen LogP contribution in [0.3, 0.4) is 0 Å². The average Bonchev–Trinajstić information content (AvgIpc) is 2.87. The number of carbonyl (C=O) groups excluding carboxylic acids is 1. The largest absolute Gasteiger partial charge is 0.459 e. The van der Waals surface area contributed by atoms with Crippen molar-refractivity contribution in [1.82, 2.24) is 15.5 Å². The van der Waals surface area contributed by atoms with Crippen LogP contribution in [0.25, 0.3) is 11.0 Å². The van der Waals surface area contributed by atoms with Gasteiger partial charge in [0.25, 0.3) is 0 Å². The smallest absolute Gasteiger partial charge is 0.315 e. The van der Waals surface area contributed by atoms with Crippen molar-refractivity contribution in [3.8, 4) is 0 Å². The summed E-state index contributed by atoms with van der Waals surface area (Å²) in [5.41, 5.74) is 1.96. The summed E-state index contributed by atoms with van der Waals surface area (Å²) in [6, 6.07) is 7.94. The molecule has 1 saturated heterocycles. The number of benzene rings is 1. The van der Waals surface area contributed by atoms with Crippen LogP contribution in [0.1, 0.15) is 37.1 Å². The number of furan rings is 1. The summed E-state index contributed by atoms with van der Waals surface area (Å²) in [7, 11) is 2.11. The highest BCUT2D eigenvalue weighted by Gasteiger charge is 2.21. The first kappa shape index (κ1) is 15.9. The lowest BCUT2D eigenvalue weighted by atomic mass is 10.1. The van der Waals surface area contributed by atoms with Crippen molar-refractivity contribution in [2.45, 2.75) is 38.8 Å². The van der Waals surface area contributed by atoms with Gasteiger partial charge in [0.05, 0.1) is 6.04 Å². The van der Waals surface area contributed by atoms with Gasteiger partial charge >= 0.3 is 6.03 Å². The molecular formula is C18H25N3O2. The lowest BCUT2D eigenvalue weighted by Gasteiger charge is -2.29. The van der Waals surface area contributed by atoms with E-state index in [9.17, 15) is 4.79 Å². The monoisotopic (exact) mass is 315 g/mol. The topological polar surface area (TPSA) is 57.5 Å². The van der Waals surface area contributed by atoms with Gasteiger partial charge in [-0.05, 0) is 52.9 Å². The number of nitrogens with one attached hydrogen (secondary N) is 2. The van der Waals surface area contributed by atoms with E-state index in [-0.39, 0.29) is 18.1 Å². The number of hydrogen-bond donors (Lipinski definition) is 2. The Kier molecular flexibility index (Phi) is 4.57. The second kappa shape index (κ2) is 6.62. The molecule has 0 spiro atoms. The molecule has 0 aliphatic carbocycles. The SMILES string of the molecule is Cc1c([C@@H](C)NC(=O)NC2CCN(C)CC2)oc2ccccc12. The highest BCUT2D eigenvalue weighted by Crippen LogP contribution is 2.29. The van der Waals surface area contributed by atoms with Crippen molar-refractivity contribution in [2.75, 3.05) is 20.1 Å². The Morgan fingerprint density at radius 3 is 2.70 bits per heavy atom. The molecule has 0 saturated carbocycles. The Bertz CT molecular complexity index is 687. The molecule has 1 aromatic carbocycles. The van der Waals surface area contributed by atoms with Crippen LogP contribution in [-0.2, 0) is 0 Å². The predicted octanol–water partition coefficient (Wildman–Crippen LogP) is 3.20. The Morgan fingerprint density at radius 2 is 2.00 bits per heavy atom. The Labute approximate surface area is 137 Å². The average molecular weight is 315 g/mol. The van der Waals surface area contributed by atoms with Crippen LogP contribution in [-0.4, -0.2) is 37.1 Å². The second-order valence-corrected chi connectivity index (χ2v) is 6.50. The zero-order chi connectivity index (χ0) is 16.4. The Morgan fingerprint density at radius 1 is 1.30 bits per heavy atom. The number of nitrogens with zero attached hydrogens (tertiary/aromatic N) is 1. The lowest BCUT2D eigenvalue weighted by Crippen LogP contribution is -2.47. The molecule has 0 radical (unpaired) electrons. The van der Waals surface area contributed by atoms with E-state index in [4.69, 9.17) is 4.42 Å². The minimum absolute atomic E-state index is 0.119. The van der Waals surface area contributed by atoms with E-state index in [0.717, 1.165) is 48.2 Å². The summed E-state index contributed by atoms with van der Waals surface area (Å²) in [6.45, 7) is 6.06. The molecule has 2 amide bonds. The summed E-state index contributed by atoms with van der Waals surface area (Å²) in [5.74, 6) is 0.824. The van der Waals surface area contributed by atoms with Gasteiger partial charge in [0.15, 0.2) is 0 Å². The number of piperidine rings is 1. The van der Waals surface area contributed by atoms with Gasteiger partial charge in [-0.1, -0.05) is 18.2 Å². The number of urea groups is 1. The van der Waals surface area contributed by atoms with Crippen LogP contribution >= 0.6 is 0 Å². The van der Waals surface area contributed by atoms with Gasteiger partial charge in [-0.15, -0.1) is 0 Å². The molecule has 0 unspecified atom stereocenters. The first-order chi connectivity index (χ1) is 11.0.